The Balaban J connectivity index is 3.96. The SMILES string of the molecule is C=C(C)/C=C\C(=O)C(C)CC. The third-order valence-electron chi connectivity index (χ3n) is 1.63. The highest BCUT2D eigenvalue weighted by atomic mass is 16.1. The Kier molecular flexibility index (Phi) is 4.51. The molecule has 0 heterocycles. The van der Waals surface area contributed by atoms with Crippen LogP contribution in [0.5, 0.6) is 0 Å². The molecular weight excluding hydrogens is 136 g/mol. The van der Waals surface area contributed by atoms with Gasteiger partial charge in [0.25, 0.3) is 0 Å². The van der Waals surface area contributed by atoms with Gasteiger partial charge in [-0.3, -0.25) is 4.79 Å². The van der Waals surface area contributed by atoms with Crippen LogP contribution in [0.4, 0.5) is 0 Å². The van der Waals surface area contributed by atoms with Gasteiger partial charge in [0, 0.05) is 5.92 Å². The maximum Gasteiger partial charge on any atom is 0.158 e. The van der Waals surface area contributed by atoms with Gasteiger partial charge in [0.2, 0.25) is 0 Å². The highest BCUT2D eigenvalue weighted by Crippen LogP contribution is 2.03. The monoisotopic (exact) mass is 152 g/mol. The van der Waals surface area contributed by atoms with Crippen molar-refractivity contribution in [2.75, 3.05) is 0 Å². The minimum Gasteiger partial charge on any atom is -0.295 e. The van der Waals surface area contributed by atoms with Gasteiger partial charge in [-0.25, -0.2) is 0 Å². The van der Waals surface area contributed by atoms with Crippen LogP contribution in [-0.2, 0) is 4.79 Å². The summed E-state index contributed by atoms with van der Waals surface area (Å²) in [4.78, 5) is 11.2. The van der Waals surface area contributed by atoms with E-state index in [1.165, 1.54) is 0 Å². The number of rotatable bonds is 4. The molecule has 0 fully saturated rings. The van der Waals surface area contributed by atoms with Crippen molar-refractivity contribution >= 4 is 5.78 Å². The average Bonchev–Trinajstić information content (AvgIpc) is 1.98. The van der Waals surface area contributed by atoms with Gasteiger partial charge >= 0.3 is 0 Å². The molecule has 1 nitrogen and oxygen atoms in total. The van der Waals surface area contributed by atoms with E-state index in [1.54, 1.807) is 12.2 Å². The number of ketones is 1. The van der Waals surface area contributed by atoms with Crippen molar-refractivity contribution in [3.8, 4) is 0 Å². The smallest absolute Gasteiger partial charge is 0.158 e. The normalized spacial score (nSPS) is 13.4. The van der Waals surface area contributed by atoms with E-state index < -0.39 is 0 Å². The van der Waals surface area contributed by atoms with E-state index in [9.17, 15) is 4.79 Å². The van der Waals surface area contributed by atoms with E-state index in [1.807, 2.05) is 20.8 Å². The molecule has 0 aromatic heterocycles. The van der Waals surface area contributed by atoms with Gasteiger partial charge in [-0.05, 0) is 19.4 Å². The molecule has 0 aliphatic rings. The van der Waals surface area contributed by atoms with E-state index in [0.717, 1.165) is 12.0 Å². The zero-order chi connectivity index (χ0) is 8.85. The maximum atomic E-state index is 11.2. The quantitative estimate of drug-likeness (QED) is 0.447. The molecule has 1 heteroatoms. The predicted octanol–water partition coefficient (Wildman–Crippen LogP) is 2.73. The molecule has 0 aliphatic carbocycles. The lowest BCUT2D eigenvalue weighted by molar-refractivity contribution is -0.117. The predicted molar refractivity (Wildman–Crippen MR) is 48.4 cm³/mol. The van der Waals surface area contributed by atoms with Gasteiger partial charge in [0.1, 0.15) is 0 Å². The molecule has 0 radical (unpaired) electrons. The highest BCUT2D eigenvalue weighted by Gasteiger charge is 2.05. The Morgan fingerprint density at radius 2 is 2.09 bits per heavy atom. The summed E-state index contributed by atoms with van der Waals surface area (Å²) in [7, 11) is 0. The summed E-state index contributed by atoms with van der Waals surface area (Å²) in [6, 6.07) is 0. The van der Waals surface area contributed by atoms with Gasteiger partial charge in [-0.1, -0.05) is 32.1 Å². The molecule has 0 N–H and O–H groups in total. The molecule has 1 atom stereocenters. The largest absolute Gasteiger partial charge is 0.295 e. The number of hydrogen-bond acceptors (Lipinski definition) is 1. The third kappa shape index (κ3) is 4.54. The molecule has 0 aromatic carbocycles. The molecule has 1 unspecified atom stereocenters. The van der Waals surface area contributed by atoms with Crippen molar-refractivity contribution in [1.29, 1.82) is 0 Å². The second-order valence-corrected chi connectivity index (χ2v) is 2.89. The van der Waals surface area contributed by atoms with Gasteiger partial charge in [-0.15, -0.1) is 0 Å². The topological polar surface area (TPSA) is 17.1 Å². The summed E-state index contributed by atoms with van der Waals surface area (Å²) in [5.41, 5.74) is 0.918. The van der Waals surface area contributed by atoms with Crippen molar-refractivity contribution in [2.24, 2.45) is 5.92 Å². The van der Waals surface area contributed by atoms with Gasteiger partial charge in [0.05, 0.1) is 0 Å². The van der Waals surface area contributed by atoms with Crippen molar-refractivity contribution in [3.63, 3.8) is 0 Å². The molecule has 0 spiro atoms. The lowest BCUT2D eigenvalue weighted by Gasteiger charge is -2.00. The standard InChI is InChI=1S/C10H16O/c1-5-9(4)10(11)7-6-8(2)3/h6-7,9H,2,5H2,1,3-4H3/b7-6-. The molecule has 0 amide bonds. The summed E-state index contributed by atoms with van der Waals surface area (Å²) in [6.45, 7) is 9.50. The van der Waals surface area contributed by atoms with Crippen molar-refractivity contribution in [1.82, 2.24) is 0 Å². The number of carbonyl (C=O) groups excluding carboxylic acids is 1. The van der Waals surface area contributed by atoms with Gasteiger partial charge < -0.3 is 0 Å². The van der Waals surface area contributed by atoms with Gasteiger partial charge in [0.15, 0.2) is 5.78 Å². The molecule has 0 rings (SSSR count). The first-order chi connectivity index (χ1) is 5.07. The second-order valence-electron chi connectivity index (χ2n) is 2.89. The summed E-state index contributed by atoms with van der Waals surface area (Å²) < 4.78 is 0. The van der Waals surface area contributed by atoms with Crippen LogP contribution in [0.3, 0.4) is 0 Å². The number of hydrogen-bond donors (Lipinski definition) is 0. The van der Waals surface area contributed by atoms with Crippen molar-refractivity contribution < 1.29 is 4.79 Å². The molecule has 0 saturated heterocycles. The van der Waals surface area contributed by atoms with Crippen LogP contribution in [0.1, 0.15) is 27.2 Å². The summed E-state index contributed by atoms with van der Waals surface area (Å²) in [5.74, 6) is 0.334. The van der Waals surface area contributed by atoms with Crippen LogP contribution in [0.25, 0.3) is 0 Å². The van der Waals surface area contributed by atoms with Crippen LogP contribution in [0.15, 0.2) is 24.3 Å². The molecule has 0 bridgehead atoms. The average molecular weight is 152 g/mol. The van der Waals surface area contributed by atoms with Crippen LogP contribution in [0.2, 0.25) is 0 Å². The Morgan fingerprint density at radius 1 is 1.55 bits per heavy atom. The minimum absolute atomic E-state index is 0.144. The van der Waals surface area contributed by atoms with Gasteiger partial charge in [-0.2, -0.15) is 0 Å². The fraction of sp³-hybridized carbons (Fsp3) is 0.500. The number of allylic oxidation sites excluding steroid dienone is 3. The fourth-order valence-electron chi connectivity index (χ4n) is 0.590. The van der Waals surface area contributed by atoms with Crippen LogP contribution < -0.4 is 0 Å². The maximum absolute atomic E-state index is 11.2. The van der Waals surface area contributed by atoms with Crippen molar-refractivity contribution in [3.05, 3.63) is 24.3 Å². The fourth-order valence-corrected chi connectivity index (χ4v) is 0.590. The minimum atomic E-state index is 0.144. The van der Waals surface area contributed by atoms with E-state index >= 15 is 0 Å². The Bertz CT molecular complexity index is 177. The highest BCUT2D eigenvalue weighted by molar-refractivity contribution is 5.91. The van der Waals surface area contributed by atoms with Crippen LogP contribution in [-0.4, -0.2) is 5.78 Å². The summed E-state index contributed by atoms with van der Waals surface area (Å²) in [5, 5.41) is 0. The van der Waals surface area contributed by atoms with E-state index in [0.29, 0.717) is 0 Å². The second kappa shape index (κ2) is 4.89. The summed E-state index contributed by atoms with van der Waals surface area (Å²) in [6.07, 6.45) is 4.27. The van der Waals surface area contributed by atoms with Crippen LogP contribution >= 0.6 is 0 Å². The molecule has 0 aromatic rings. The first-order valence-electron chi connectivity index (χ1n) is 3.95. The zero-order valence-corrected chi connectivity index (χ0v) is 7.55. The van der Waals surface area contributed by atoms with Crippen molar-refractivity contribution in [2.45, 2.75) is 27.2 Å². The van der Waals surface area contributed by atoms with E-state index in [4.69, 9.17) is 0 Å². The first kappa shape index (κ1) is 10.2. The lowest BCUT2D eigenvalue weighted by atomic mass is 10.0. The van der Waals surface area contributed by atoms with Crippen LogP contribution in [0, 0.1) is 5.92 Å². The molecule has 0 aliphatic heterocycles. The van der Waals surface area contributed by atoms with E-state index in [2.05, 4.69) is 6.58 Å². The Hall–Kier alpha value is -0.850. The van der Waals surface area contributed by atoms with E-state index in [-0.39, 0.29) is 11.7 Å². The molecular formula is C10H16O. The molecule has 62 valence electrons. The molecule has 0 saturated carbocycles. The zero-order valence-electron chi connectivity index (χ0n) is 7.55. The Morgan fingerprint density at radius 3 is 2.45 bits per heavy atom. The lowest BCUT2D eigenvalue weighted by Crippen LogP contribution is -2.05. The third-order valence-corrected chi connectivity index (χ3v) is 1.63. The molecule has 11 heavy (non-hydrogen) atoms. The summed E-state index contributed by atoms with van der Waals surface area (Å²) >= 11 is 0. The number of carbonyl (C=O) groups is 1. The Labute approximate surface area is 68.8 Å². The first-order valence-corrected chi connectivity index (χ1v) is 3.95.